The van der Waals surface area contributed by atoms with Gasteiger partial charge in [-0.3, -0.25) is 5.10 Å². The number of aromatic nitrogens is 4. The van der Waals surface area contributed by atoms with E-state index in [9.17, 15) is 4.79 Å². The van der Waals surface area contributed by atoms with Crippen LogP contribution in [-0.4, -0.2) is 37.8 Å². The summed E-state index contributed by atoms with van der Waals surface area (Å²) in [7, 11) is 0. The van der Waals surface area contributed by atoms with Crippen LogP contribution >= 0.6 is 11.3 Å². The second-order valence-corrected chi connectivity index (χ2v) is 4.35. The summed E-state index contributed by atoms with van der Waals surface area (Å²) in [5.41, 5.74) is 0.532. The molecule has 2 aromatic rings. The lowest BCUT2D eigenvalue weighted by Gasteiger charge is -1.98. The number of aromatic carboxylic acids is 1. The van der Waals surface area contributed by atoms with E-state index < -0.39 is 5.97 Å². The molecule has 0 aliphatic rings. The Balaban J connectivity index is 1.91. The number of carboxylic acids is 1. The Morgan fingerprint density at radius 1 is 1.65 bits per heavy atom. The second-order valence-electron chi connectivity index (χ2n) is 3.35. The number of anilines is 1. The van der Waals surface area contributed by atoms with E-state index in [4.69, 9.17) is 5.11 Å². The monoisotopic (exact) mass is 253 g/mol. The fourth-order valence-electron chi connectivity index (χ4n) is 1.31. The third-order valence-electron chi connectivity index (χ3n) is 2.09. The van der Waals surface area contributed by atoms with Crippen LogP contribution in [0.5, 0.6) is 0 Å². The van der Waals surface area contributed by atoms with E-state index >= 15 is 0 Å². The first-order valence-corrected chi connectivity index (χ1v) is 5.77. The van der Waals surface area contributed by atoms with Crippen molar-refractivity contribution in [1.82, 2.24) is 20.2 Å². The summed E-state index contributed by atoms with van der Waals surface area (Å²) in [6, 6.07) is 0. The predicted octanol–water partition coefficient (Wildman–Crippen LogP) is 0.922. The highest BCUT2D eigenvalue weighted by atomic mass is 32.1. The van der Waals surface area contributed by atoms with E-state index in [1.165, 1.54) is 6.33 Å². The number of rotatable bonds is 5. The van der Waals surface area contributed by atoms with Crippen LogP contribution in [0.2, 0.25) is 0 Å². The Labute approximate surface area is 101 Å². The van der Waals surface area contributed by atoms with Gasteiger partial charge in [0, 0.05) is 13.0 Å². The molecule has 17 heavy (non-hydrogen) atoms. The molecule has 3 N–H and O–H groups in total. The van der Waals surface area contributed by atoms with E-state index in [0.717, 1.165) is 17.2 Å². The van der Waals surface area contributed by atoms with Crippen molar-refractivity contribution >= 4 is 22.4 Å². The maximum absolute atomic E-state index is 10.8. The summed E-state index contributed by atoms with van der Waals surface area (Å²) in [6.07, 6.45) is 2.13. The minimum atomic E-state index is -0.941. The highest BCUT2D eigenvalue weighted by Gasteiger charge is 2.13. The molecule has 0 aromatic carbocycles. The van der Waals surface area contributed by atoms with Crippen molar-refractivity contribution in [2.24, 2.45) is 0 Å². The Morgan fingerprint density at radius 2 is 2.47 bits per heavy atom. The third kappa shape index (κ3) is 2.78. The topological polar surface area (TPSA) is 104 Å². The van der Waals surface area contributed by atoms with Gasteiger partial charge in [0.1, 0.15) is 17.0 Å². The molecule has 0 spiro atoms. The van der Waals surface area contributed by atoms with E-state index in [1.54, 1.807) is 6.92 Å². The van der Waals surface area contributed by atoms with E-state index in [1.807, 2.05) is 0 Å². The molecular formula is C9H11N5O2S. The highest BCUT2D eigenvalue weighted by Crippen LogP contribution is 2.22. The van der Waals surface area contributed by atoms with Crippen LogP contribution in [0.1, 0.15) is 21.2 Å². The quantitative estimate of drug-likeness (QED) is 0.732. The zero-order valence-corrected chi connectivity index (χ0v) is 9.91. The molecule has 90 valence electrons. The van der Waals surface area contributed by atoms with Gasteiger partial charge in [-0.2, -0.15) is 5.10 Å². The zero-order valence-electron chi connectivity index (χ0n) is 9.10. The van der Waals surface area contributed by atoms with Gasteiger partial charge in [-0.1, -0.05) is 11.3 Å². The predicted molar refractivity (Wildman–Crippen MR) is 62.4 cm³/mol. The number of hydrogen-bond donors (Lipinski definition) is 3. The van der Waals surface area contributed by atoms with Crippen LogP contribution in [0.25, 0.3) is 0 Å². The minimum absolute atomic E-state index is 0.271. The van der Waals surface area contributed by atoms with Crippen LogP contribution in [0, 0.1) is 6.92 Å². The molecule has 7 nitrogen and oxygen atoms in total. The second kappa shape index (κ2) is 4.91. The average molecular weight is 253 g/mol. The number of aryl methyl sites for hydroxylation is 1. The number of hydrogen-bond acceptors (Lipinski definition) is 6. The average Bonchev–Trinajstić information content (AvgIpc) is 2.88. The molecule has 0 saturated heterocycles. The van der Waals surface area contributed by atoms with Crippen LogP contribution in [0.3, 0.4) is 0 Å². The number of carbonyl (C=O) groups is 1. The zero-order chi connectivity index (χ0) is 12.3. The van der Waals surface area contributed by atoms with Crippen LogP contribution < -0.4 is 5.32 Å². The van der Waals surface area contributed by atoms with Gasteiger partial charge in [-0.15, -0.1) is 0 Å². The SMILES string of the molecule is Cc1nc(NCCc2ncn[nH]2)sc1C(=O)O. The van der Waals surface area contributed by atoms with Gasteiger partial charge in [0.05, 0.1) is 5.69 Å². The van der Waals surface area contributed by atoms with Gasteiger partial charge in [-0.05, 0) is 6.92 Å². The van der Waals surface area contributed by atoms with Crippen LogP contribution in [-0.2, 0) is 6.42 Å². The number of aromatic amines is 1. The fourth-order valence-corrected chi connectivity index (χ4v) is 2.14. The van der Waals surface area contributed by atoms with Gasteiger partial charge < -0.3 is 10.4 Å². The first-order chi connectivity index (χ1) is 8.16. The van der Waals surface area contributed by atoms with Crippen molar-refractivity contribution in [2.45, 2.75) is 13.3 Å². The summed E-state index contributed by atoms with van der Waals surface area (Å²) in [4.78, 5) is 19.2. The maximum atomic E-state index is 10.8. The molecule has 0 bridgehead atoms. The molecule has 2 heterocycles. The summed E-state index contributed by atoms with van der Waals surface area (Å²) in [5, 5.41) is 19.0. The molecule has 0 unspecified atom stereocenters. The molecule has 0 aliphatic carbocycles. The van der Waals surface area contributed by atoms with Gasteiger partial charge in [-0.25, -0.2) is 14.8 Å². The molecule has 2 aromatic heterocycles. The van der Waals surface area contributed by atoms with Crippen molar-refractivity contribution in [1.29, 1.82) is 0 Å². The number of nitrogens with zero attached hydrogens (tertiary/aromatic N) is 3. The van der Waals surface area contributed by atoms with E-state index in [-0.39, 0.29) is 4.88 Å². The van der Waals surface area contributed by atoms with Crippen molar-refractivity contribution in [3.05, 3.63) is 22.7 Å². The molecule has 0 fully saturated rings. The van der Waals surface area contributed by atoms with Gasteiger partial charge >= 0.3 is 5.97 Å². The highest BCUT2D eigenvalue weighted by molar-refractivity contribution is 7.17. The first kappa shape index (κ1) is 11.5. The molecule has 0 saturated carbocycles. The summed E-state index contributed by atoms with van der Waals surface area (Å²) in [5.74, 6) is -0.160. The summed E-state index contributed by atoms with van der Waals surface area (Å²) < 4.78 is 0. The largest absolute Gasteiger partial charge is 0.477 e. The first-order valence-electron chi connectivity index (χ1n) is 4.95. The molecule has 0 radical (unpaired) electrons. The van der Waals surface area contributed by atoms with Crippen molar-refractivity contribution in [2.75, 3.05) is 11.9 Å². The van der Waals surface area contributed by atoms with Crippen LogP contribution in [0.4, 0.5) is 5.13 Å². The number of H-pyrrole nitrogens is 1. The maximum Gasteiger partial charge on any atom is 0.347 e. The normalized spacial score (nSPS) is 10.4. The molecule has 0 amide bonds. The lowest BCUT2D eigenvalue weighted by Crippen LogP contribution is -2.05. The van der Waals surface area contributed by atoms with Crippen molar-refractivity contribution in [3.8, 4) is 0 Å². The standard InChI is InChI=1S/C9H11N5O2S/c1-5-7(8(15)16)17-9(13-5)10-3-2-6-11-4-12-14-6/h4H,2-3H2,1H3,(H,10,13)(H,15,16)(H,11,12,14). The Hall–Kier alpha value is -1.96. The molecule has 2 rings (SSSR count). The smallest absolute Gasteiger partial charge is 0.347 e. The Bertz CT molecular complexity index is 507. The Kier molecular flexibility index (Phi) is 3.33. The fraction of sp³-hybridized carbons (Fsp3) is 0.333. The van der Waals surface area contributed by atoms with Gasteiger partial charge in [0.2, 0.25) is 0 Å². The molecule has 0 aliphatic heterocycles. The third-order valence-corrected chi connectivity index (χ3v) is 3.20. The number of thiazole rings is 1. The summed E-state index contributed by atoms with van der Waals surface area (Å²) >= 11 is 1.14. The van der Waals surface area contributed by atoms with Crippen molar-refractivity contribution < 1.29 is 9.90 Å². The van der Waals surface area contributed by atoms with Gasteiger partial charge in [0.15, 0.2) is 5.13 Å². The van der Waals surface area contributed by atoms with Gasteiger partial charge in [0.25, 0.3) is 0 Å². The van der Waals surface area contributed by atoms with E-state index in [2.05, 4.69) is 25.5 Å². The van der Waals surface area contributed by atoms with E-state index in [0.29, 0.717) is 23.8 Å². The van der Waals surface area contributed by atoms with Crippen molar-refractivity contribution in [3.63, 3.8) is 0 Å². The number of nitrogens with one attached hydrogen (secondary N) is 2. The number of carboxylic acid groups (broad SMARTS) is 1. The lowest BCUT2D eigenvalue weighted by molar-refractivity contribution is 0.0701. The minimum Gasteiger partial charge on any atom is -0.477 e. The Morgan fingerprint density at radius 3 is 3.06 bits per heavy atom. The van der Waals surface area contributed by atoms with Crippen LogP contribution in [0.15, 0.2) is 6.33 Å². The molecule has 8 heteroatoms. The molecular weight excluding hydrogens is 242 g/mol. The molecule has 0 atom stereocenters. The lowest BCUT2D eigenvalue weighted by atomic mass is 10.4. The summed E-state index contributed by atoms with van der Waals surface area (Å²) in [6.45, 7) is 2.31.